The first-order chi connectivity index (χ1) is 9.02. The van der Waals surface area contributed by atoms with Crippen molar-refractivity contribution in [3.05, 3.63) is 24.3 Å². The van der Waals surface area contributed by atoms with Gasteiger partial charge in [-0.25, -0.2) is 0 Å². The first-order valence-corrected chi connectivity index (χ1v) is 6.77. The van der Waals surface area contributed by atoms with Crippen LogP contribution in [0, 0.1) is 0 Å². The molecule has 2 atom stereocenters. The third kappa shape index (κ3) is 1.59. The molecule has 0 aromatic heterocycles. The minimum atomic E-state index is -0.713. The summed E-state index contributed by atoms with van der Waals surface area (Å²) < 4.78 is 0. The fraction of sp³-hybridized carbons (Fsp3) is 0.308. The Balaban J connectivity index is 2.17. The zero-order valence-corrected chi connectivity index (χ0v) is 11.3. The van der Waals surface area contributed by atoms with E-state index in [0.717, 1.165) is 9.80 Å². The summed E-state index contributed by atoms with van der Waals surface area (Å²) in [6, 6.07) is 6.63. The van der Waals surface area contributed by atoms with Crippen LogP contribution in [0.15, 0.2) is 29.2 Å². The molecule has 2 heterocycles. The quantitative estimate of drug-likeness (QED) is 0.660. The SMILES string of the molecule is CC(=O)N1c2ccccc2SC2C(=O)N(C)C(=O)C21. The molecule has 0 saturated carbocycles. The molecule has 0 radical (unpaired) electrons. The van der Waals surface area contributed by atoms with Crippen molar-refractivity contribution in [1.82, 2.24) is 4.90 Å². The summed E-state index contributed by atoms with van der Waals surface area (Å²) in [7, 11) is 1.46. The van der Waals surface area contributed by atoms with Gasteiger partial charge in [0.15, 0.2) is 0 Å². The van der Waals surface area contributed by atoms with Gasteiger partial charge in [0.25, 0.3) is 5.91 Å². The Bertz CT molecular complexity index is 601. The van der Waals surface area contributed by atoms with Crippen LogP contribution in [0.2, 0.25) is 0 Å². The predicted octanol–water partition coefficient (Wildman–Crippen LogP) is 0.881. The molecule has 2 aliphatic rings. The highest BCUT2D eigenvalue weighted by Gasteiger charge is 2.53. The second-order valence-corrected chi connectivity index (χ2v) is 5.76. The number of rotatable bonds is 0. The molecule has 1 saturated heterocycles. The number of amides is 3. The van der Waals surface area contributed by atoms with Gasteiger partial charge in [-0.2, -0.15) is 0 Å². The van der Waals surface area contributed by atoms with Crippen LogP contribution in [0.1, 0.15) is 6.92 Å². The summed E-state index contributed by atoms with van der Waals surface area (Å²) in [5.74, 6) is -0.771. The zero-order chi connectivity index (χ0) is 13.7. The van der Waals surface area contributed by atoms with E-state index in [1.165, 1.54) is 30.6 Å². The normalized spacial score (nSPS) is 25.4. The van der Waals surface area contributed by atoms with Gasteiger partial charge in [-0.15, -0.1) is 11.8 Å². The molecule has 2 aliphatic heterocycles. The maximum absolute atomic E-state index is 12.2. The van der Waals surface area contributed by atoms with Crippen molar-refractivity contribution in [1.29, 1.82) is 0 Å². The minimum Gasteiger partial charge on any atom is -0.297 e. The Morgan fingerprint density at radius 1 is 1.21 bits per heavy atom. The number of para-hydroxylation sites is 1. The highest BCUT2D eigenvalue weighted by atomic mass is 32.2. The Labute approximate surface area is 114 Å². The van der Waals surface area contributed by atoms with Crippen molar-refractivity contribution >= 4 is 35.2 Å². The average Bonchev–Trinajstić information content (AvgIpc) is 2.61. The first-order valence-electron chi connectivity index (χ1n) is 5.89. The maximum atomic E-state index is 12.2. The topological polar surface area (TPSA) is 57.7 Å². The first kappa shape index (κ1) is 12.2. The number of thioether (sulfide) groups is 1. The number of hydrogen-bond donors (Lipinski definition) is 0. The highest BCUT2D eigenvalue weighted by Crippen LogP contribution is 2.44. The fourth-order valence-electron chi connectivity index (χ4n) is 2.53. The summed E-state index contributed by atoms with van der Waals surface area (Å²) >= 11 is 1.36. The lowest BCUT2D eigenvalue weighted by Crippen LogP contribution is -2.50. The second-order valence-electron chi connectivity index (χ2n) is 4.58. The number of likely N-dealkylation sites (tertiary alicyclic amines) is 1. The van der Waals surface area contributed by atoms with Gasteiger partial charge in [-0.3, -0.25) is 24.2 Å². The molecule has 5 nitrogen and oxygen atoms in total. The lowest BCUT2D eigenvalue weighted by molar-refractivity contribution is -0.137. The number of imide groups is 1. The molecular formula is C13H12N2O3S. The number of fused-ring (bicyclic) bond motifs is 2. The van der Waals surface area contributed by atoms with Crippen molar-refractivity contribution in [2.45, 2.75) is 23.1 Å². The van der Waals surface area contributed by atoms with Crippen LogP contribution in [0.25, 0.3) is 0 Å². The highest BCUT2D eigenvalue weighted by molar-refractivity contribution is 8.01. The molecule has 1 aromatic carbocycles. The van der Waals surface area contributed by atoms with Crippen LogP contribution in [0.5, 0.6) is 0 Å². The second kappa shape index (κ2) is 4.09. The van der Waals surface area contributed by atoms with Gasteiger partial charge in [0.05, 0.1) is 5.69 Å². The number of anilines is 1. The Kier molecular flexibility index (Phi) is 2.63. The van der Waals surface area contributed by atoms with E-state index in [1.807, 2.05) is 18.2 Å². The smallest absolute Gasteiger partial charge is 0.253 e. The molecule has 1 fully saturated rings. The fourth-order valence-corrected chi connectivity index (χ4v) is 3.87. The average molecular weight is 276 g/mol. The van der Waals surface area contributed by atoms with Crippen LogP contribution in [-0.2, 0) is 14.4 Å². The van der Waals surface area contributed by atoms with E-state index < -0.39 is 11.3 Å². The summed E-state index contributed by atoms with van der Waals surface area (Å²) in [4.78, 5) is 39.6. The van der Waals surface area contributed by atoms with Gasteiger partial charge in [0.1, 0.15) is 11.3 Å². The monoisotopic (exact) mass is 276 g/mol. The molecule has 98 valence electrons. The van der Waals surface area contributed by atoms with Gasteiger partial charge >= 0.3 is 0 Å². The lowest BCUT2D eigenvalue weighted by atomic mass is 10.1. The van der Waals surface area contributed by atoms with Crippen LogP contribution >= 0.6 is 11.8 Å². The summed E-state index contributed by atoms with van der Waals surface area (Å²) in [5.41, 5.74) is 0.706. The van der Waals surface area contributed by atoms with Crippen LogP contribution in [0.4, 0.5) is 5.69 Å². The molecule has 6 heteroatoms. The van der Waals surface area contributed by atoms with Gasteiger partial charge in [-0.1, -0.05) is 12.1 Å². The van der Waals surface area contributed by atoms with E-state index >= 15 is 0 Å². The van der Waals surface area contributed by atoms with E-state index in [1.54, 1.807) is 6.07 Å². The van der Waals surface area contributed by atoms with Crippen LogP contribution in [-0.4, -0.2) is 41.0 Å². The molecule has 0 aliphatic carbocycles. The van der Waals surface area contributed by atoms with Gasteiger partial charge < -0.3 is 0 Å². The maximum Gasteiger partial charge on any atom is 0.253 e. The largest absolute Gasteiger partial charge is 0.297 e. The summed E-state index contributed by atoms with van der Waals surface area (Å²) in [5, 5.41) is -0.531. The minimum absolute atomic E-state index is 0.223. The lowest BCUT2D eigenvalue weighted by Gasteiger charge is -2.35. The van der Waals surface area contributed by atoms with Crippen LogP contribution < -0.4 is 4.90 Å². The van der Waals surface area contributed by atoms with Crippen molar-refractivity contribution in [2.75, 3.05) is 11.9 Å². The number of carbonyl (C=O) groups excluding carboxylic acids is 3. The van der Waals surface area contributed by atoms with Crippen molar-refractivity contribution < 1.29 is 14.4 Å². The standard InChI is InChI=1S/C13H12N2O3S/c1-7(16)15-8-5-3-4-6-9(8)19-11-10(15)12(17)14(2)13(11)18/h3-6,10-11H,1-2H3. The van der Waals surface area contributed by atoms with Crippen molar-refractivity contribution in [2.24, 2.45) is 0 Å². The molecule has 19 heavy (non-hydrogen) atoms. The third-order valence-electron chi connectivity index (χ3n) is 3.44. The zero-order valence-electron chi connectivity index (χ0n) is 10.5. The molecule has 3 amide bonds. The summed E-state index contributed by atoms with van der Waals surface area (Å²) in [6.07, 6.45) is 0. The number of benzene rings is 1. The van der Waals surface area contributed by atoms with E-state index in [4.69, 9.17) is 0 Å². The molecular weight excluding hydrogens is 264 g/mol. The van der Waals surface area contributed by atoms with Gasteiger partial charge in [-0.05, 0) is 12.1 Å². The number of carbonyl (C=O) groups is 3. The summed E-state index contributed by atoms with van der Waals surface area (Å²) in [6.45, 7) is 1.42. The molecule has 3 rings (SSSR count). The number of likely N-dealkylation sites (N-methyl/N-ethyl adjacent to an activating group) is 1. The molecule has 0 bridgehead atoms. The van der Waals surface area contributed by atoms with E-state index in [0.29, 0.717) is 5.69 Å². The number of hydrogen-bond acceptors (Lipinski definition) is 4. The molecule has 0 N–H and O–H groups in total. The van der Waals surface area contributed by atoms with Crippen molar-refractivity contribution in [3.63, 3.8) is 0 Å². The molecule has 1 aromatic rings. The Morgan fingerprint density at radius 2 is 1.89 bits per heavy atom. The van der Waals surface area contributed by atoms with Gasteiger partial charge in [0, 0.05) is 18.9 Å². The third-order valence-corrected chi connectivity index (χ3v) is 4.75. The predicted molar refractivity (Wildman–Crippen MR) is 70.8 cm³/mol. The van der Waals surface area contributed by atoms with E-state index in [-0.39, 0.29) is 17.7 Å². The number of nitrogens with zero attached hydrogens (tertiary/aromatic N) is 2. The van der Waals surface area contributed by atoms with E-state index in [9.17, 15) is 14.4 Å². The van der Waals surface area contributed by atoms with Gasteiger partial charge in [0.2, 0.25) is 11.8 Å². The van der Waals surface area contributed by atoms with Crippen LogP contribution in [0.3, 0.4) is 0 Å². The Hall–Kier alpha value is -1.82. The van der Waals surface area contributed by atoms with E-state index in [2.05, 4.69) is 0 Å². The molecule has 2 unspecified atom stereocenters. The molecule has 0 spiro atoms. The van der Waals surface area contributed by atoms with Crippen molar-refractivity contribution in [3.8, 4) is 0 Å². The Morgan fingerprint density at radius 3 is 2.58 bits per heavy atom.